The van der Waals surface area contributed by atoms with Gasteiger partial charge in [0.05, 0.1) is 23.5 Å². The zero-order valence-corrected chi connectivity index (χ0v) is 22.7. The van der Waals surface area contributed by atoms with Gasteiger partial charge in [0.2, 0.25) is 0 Å². The lowest BCUT2D eigenvalue weighted by atomic mass is 9.76. The quantitative estimate of drug-likeness (QED) is 0.291. The number of oxime groups is 1. The molecule has 0 radical (unpaired) electrons. The van der Waals surface area contributed by atoms with E-state index in [0.29, 0.717) is 11.9 Å². The molecule has 1 spiro atoms. The summed E-state index contributed by atoms with van der Waals surface area (Å²) in [4.78, 5) is 18.3. The molecule has 1 aliphatic carbocycles. The number of hydrogen-bond donors (Lipinski definition) is 0. The van der Waals surface area contributed by atoms with Gasteiger partial charge in [-0.2, -0.15) is 4.99 Å². The number of rotatable bonds is 3. The summed E-state index contributed by atoms with van der Waals surface area (Å²) < 4.78 is 5.71. The summed E-state index contributed by atoms with van der Waals surface area (Å²) >= 11 is 1.76. The number of thiazole rings is 1. The Morgan fingerprint density at radius 3 is 2.84 bits per heavy atom. The number of nitrogens with zero attached hydrogens (tertiary/aromatic N) is 4. The number of piperidine rings is 1. The van der Waals surface area contributed by atoms with Crippen molar-refractivity contribution in [2.24, 2.45) is 10.1 Å². The van der Waals surface area contributed by atoms with Gasteiger partial charge in [-0.05, 0) is 68.7 Å². The molecule has 0 saturated carbocycles. The molecule has 6 nitrogen and oxygen atoms in total. The van der Waals surface area contributed by atoms with Gasteiger partial charge < -0.3 is 14.5 Å². The second-order valence-corrected chi connectivity index (χ2v) is 11.4. The topological polar surface area (TPSA) is 59.3 Å². The van der Waals surface area contributed by atoms with E-state index in [1.807, 2.05) is 0 Å². The first-order valence-corrected chi connectivity index (χ1v) is 14.2. The molecule has 192 valence electrons. The molecule has 1 saturated heterocycles. The fourth-order valence-electron chi connectivity index (χ4n) is 5.89. The molecule has 1 aromatic heterocycles. The SMILES string of the molecule is CO/C(=N\c1cc(C)ccc1C)N1CCC(c2nc(C3=NOC4(CCCc5ccccc54)C3)cs2)CC1. The van der Waals surface area contributed by atoms with E-state index in [2.05, 4.69) is 71.7 Å². The van der Waals surface area contributed by atoms with Crippen LogP contribution in [0.3, 0.4) is 0 Å². The minimum atomic E-state index is -0.315. The fraction of sp³-hybridized carbons (Fsp3) is 0.433. The van der Waals surface area contributed by atoms with Crippen LogP contribution in [0.5, 0.6) is 0 Å². The first-order chi connectivity index (χ1) is 18.0. The molecule has 2 aromatic carbocycles. The van der Waals surface area contributed by atoms with Crippen molar-refractivity contribution >= 4 is 28.8 Å². The van der Waals surface area contributed by atoms with Crippen LogP contribution in [0.25, 0.3) is 0 Å². The Morgan fingerprint density at radius 1 is 1.16 bits per heavy atom. The van der Waals surface area contributed by atoms with Crippen LogP contribution in [0.15, 0.2) is 58.0 Å². The zero-order valence-electron chi connectivity index (χ0n) is 21.9. The van der Waals surface area contributed by atoms with Crippen molar-refractivity contribution in [2.75, 3.05) is 20.2 Å². The molecule has 1 atom stereocenters. The number of benzene rings is 2. The van der Waals surface area contributed by atoms with Gasteiger partial charge in [0.15, 0.2) is 5.60 Å². The maximum absolute atomic E-state index is 6.17. The molecule has 3 aliphatic rings. The van der Waals surface area contributed by atoms with Gasteiger partial charge in [-0.3, -0.25) is 0 Å². The lowest BCUT2D eigenvalue weighted by Gasteiger charge is -2.33. The van der Waals surface area contributed by atoms with Gasteiger partial charge in [-0.1, -0.05) is 41.6 Å². The monoisotopic (exact) mass is 514 g/mol. The van der Waals surface area contributed by atoms with E-state index >= 15 is 0 Å². The third-order valence-electron chi connectivity index (χ3n) is 8.01. The highest BCUT2D eigenvalue weighted by Gasteiger charge is 2.44. The number of ether oxygens (including phenoxy) is 1. The van der Waals surface area contributed by atoms with Crippen LogP contribution in [0.4, 0.5) is 5.69 Å². The predicted molar refractivity (Wildman–Crippen MR) is 149 cm³/mol. The van der Waals surface area contributed by atoms with Crippen LogP contribution in [-0.2, 0) is 21.6 Å². The van der Waals surface area contributed by atoms with Gasteiger partial charge in [-0.25, -0.2) is 4.98 Å². The average Bonchev–Trinajstić information content (AvgIpc) is 3.58. The summed E-state index contributed by atoms with van der Waals surface area (Å²) in [6.07, 6.45) is 6.13. The molecule has 0 amide bonds. The van der Waals surface area contributed by atoms with E-state index in [9.17, 15) is 0 Å². The number of methoxy groups -OCH3 is 1. The van der Waals surface area contributed by atoms with Crippen LogP contribution < -0.4 is 0 Å². The highest BCUT2D eigenvalue weighted by molar-refractivity contribution is 7.10. The number of likely N-dealkylation sites (tertiary alicyclic amines) is 1. The highest BCUT2D eigenvalue weighted by Crippen LogP contribution is 2.45. The van der Waals surface area contributed by atoms with Crippen LogP contribution in [-0.4, -0.2) is 41.8 Å². The van der Waals surface area contributed by atoms with Crippen LogP contribution in [0.1, 0.15) is 71.0 Å². The number of aromatic nitrogens is 1. The predicted octanol–water partition coefficient (Wildman–Crippen LogP) is 6.63. The summed E-state index contributed by atoms with van der Waals surface area (Å²) in [6, 6.07) is 15.7. The maximum Gasteiger partial charge on any atom is 0.292 e. The molecular weight excluding hydrogens is 480 g/mol. The Kier molecular flexibility index (Phi) is 6.49. The van der Waals surface area contributed by atoms with Crippen LogP contribution >= 0.6 is 11.3 Å². The largest absolute Gasteiger partial charge is 0.468 e. The van der Waals surface area contributed by atoms with E-state index in [1.54, 1.807) is 18.4 Å². The van der Waals surface area contributed by atoms with Gasteiger partial charge in [-0.15, -0.1) is 11.3 Å². The highest BCUT2D eigenvalue weighted by atomic mass is 32.1. The third-order valence-corrected chi connectivity index (χ3v) is 9.02. The Hall–Kier alpha value is -3.19. The van der Waals surface area contributed by atoms with Gasteiger partial charge in [0.1, 0.15) is 5.71 Å². The first kappa shape index (κ1) is 24.2. The molecular formula is C30H34N4O2S. The molecule has 37 heavy (non-hydrogen) atoms. The molecule has 2 aliphatic heterocycles. The Balaban J connectivity index is 1.12. The number of hydrogen-bond acceptors (Lipinski definition) is 6. The minimum Gasteiger partial charge on any atom is -0.468 e. The van der Waals surface area contributed by atoms with Gasteiger partial charge in [0.25, 0.3) is 6.02 Å². The summed E-state index contributed by atoms with van der Waals surface area (Å²) in [5.41, 5.74) is 7.69. The molecule has 0 N–H and O–H groups in total. The fourth-order valence-corrected chi connectivity index (χ4v) is 6.89. The maximum atomic E-state index is 6.17. The van der Waals surface area contributed by atoms with Crippen molar-refractivity contribution in [3.63, 3.8) is 0 Å². The van der Waals surface area contributed by atoms with E-state index < -0.39 is 0 Å². The van der Waals surface area contributed by atoms with E-state index in [1.165, 1.54) is 21.7 Å². The second kappa shape index (κ2) is 9.93. The molecule has 0 bridgehead atoms. The molecule has 3 aromatic rings. The molecule has 1 unspecified atom stereocenters. The van der Waals surface area contributed by atoms with E-state index in [-0.39, 0.29) is 5.60 Å². The molecule has 1 fully saturated rings. The Morgan fingerprint density at radius 2 is 2.00 bits per heavy atom. The number of aliphatic imine (C=N–C) groups is 1. The zero-order chi connectivity index (χ0) is 25.4. The van der Waals surface area contributed by atoms with Gasteiger partial charge >= 0.3 is 0 Å². The van der Waals surface area contributed by atoms with E-state index in [0.717, 1.165) is 74.3 Å². The third kappa shape index (κ3) is 4.65. The Bertz CT molecular complexity index is 1360. The summed E-state index contributed by atoms with van der Waals surface area (Å²) in [7, 11) is 1.71. The van der Waals surface area contributed by atoms with Crippen LogP contribution in [0.2, 0.25) is 0 Å². The second-order valence-electron chi connectivity index (χ2n) is 10.5. The summed E-state index contributed by atoms with van der Waals surface area (Å²) in [6.45, 7) is 5.99. The molecule has 3 heterocycles. The van der Waals surface area contributed by atoms with Crippen LogP contribution in [0, 0.1) is 13.8 Å². The normalized spacial score (nSPS) is 22.1. The molecule has 7 heteroatoms. The van der Waals surface area contributed by atoms with Crippen molar-refractivity contribution in [3.05, 3.63) is 80.8 Å². The number of aryl methyl sites for hydroxylation is 3. The average molecular weight is 515 g/mol. The van der Waals surface area contributed by atoms with Crippen molar-refractivity contribution < 1.29 is 9.57 Å². The standard InChI is InChI=1S/C30H34N4O2S/c1-20-10-11-21(2)25(17-20)32-29(35-3)34-15-12-23(13-16-34)28-31-27(19-37-28)26-18-30(36-33-26)14-6-8-22-7-4-5-9-24(22)30/h4-5,7,9-11,17,19,23H,6,8,12-16,18H2,1-3H3/b32-29-. The number of fused-ring (bicyclic) bond motifs is 2. The van der Waals surface area contributed by atoms with Crippen molar-refractivity contribution in [1.29, 1.82) is 0 Å². The smallest absolute Gasteiger partial charge is 0.292 e. The number of amidine groups is 1. The van der Waals surface area contributed by atoms with Crippen molar-refractivity contribution in [2.45, 2.75) is 63.9 Å². The van der Waals surface area contributed by atoms with Crippen molar-refractivity contribution in [1.82, 2.24) is 9.88 Å². The van der Waals surface area contributed by atoms with Crippen molar-refractivity contribution in [3.8, 4) is 0 Å². The molecule has 6 rings (SSSR count). The lowest BCUT2D eigenvalue weighted by molar-refractivity contribution is -0.0362. The van der Waals surface area contributed by atoms with Gasteiger partial charge in [0, 0.05) is 36.4 Å². The summed E-state index contributed by atoms with van der Waals surface area (Å²) in [5, 5.41) is 7.93. The van der Waals surface area contributed by atoms with E-state index in [4.69, 9.17) is 19.6 Å². The first-order valence-electron chi connectivity index (χ1n) is 13.3. The Labute approximate surface area is 223 Å². The minimum absolute atomic E-state index is 0.315. The lowest BCUT2D eigenvalue weighted by Crippen LogP contribution is -2.38. The summed E-state index contributed by atoms with van der Waals surface area (Å²) in [5.74, 6) is 0.445.